The van der Waals surface area contributed by atoms with E-state index in [2.05, 4.69) is 19.9 Å². The fourth-order valence-corrected chi connectivity index (χ4v) is 8.47. The number of Topliss-reactive ketones (excluding diaryl/α,β-unsaturated/α-hetero) is 1. The number of rotatable bonds is 1. The molecule has 29 heavy (non-hydrogen) atoms. The summed E-state index contributed by atoms with van der Waals surface area (Å²) in [6.07, 6.45) is 10.3. The van der Waals surface area contributed by atoms with Crippen molar-refractivity contribution in [1.82, 2.24) is 0 Å². The lowest BCUT2D eigenvalue weighted by molar-refractivity contribution is -0.164. The maximum atomic E-state index is 12.6. The third-order valence-electron chi connectivity index (χ3n) is 10.0. The van der Waals surface area contributed by atoms with E-state index in [9.17, 15) is 14.7 Å². The van der Waals surface area contributed by atoms with Crippen LogP contribution < -0.4 is 0 Å². The van der Waals surface area contributed by atoms with Crippen LogP contribution in [0.15, 0.2) is 22.8 Å². The van der Waals surface area contributed by atoms with Crippen molar-refractivity contribution in [2.24, 2.45) is 28.6 Å². The van der Waals surface area contributed by atoms with Gasteiger partial charge in [0.25, 0.3) is 0 Å². The van der Waals surface area contributed by atoms with Crippen LogP contribution in [-0.2, 0) is 14.3 Å². The quantitative estimate of drug-likeness (QED) is 0.401. The summed E-state index contributed by atoms with van der Waals surface area (Å²) < 4.78 is 6.11. The van der Waals surface area contributed by atoms with Crippen molar-refractivity contribution < 1.29 is 19.4 Å². The van der Waals surface area contributed by atoms with Crippen molar-refractivity contribution in [3.05, 3.63) is 22.8 Å². The lowest BCUT2D eigenvalue weighted by Crippen LogP contribution is -2.55. The Bertz CT molecular complexity index is 853. The van der Waals surface area contributed by atoms with Crippen molar-refractivity contribution in [3.63, 3.8) is 0 Å². The highest BCUT2D eigenvalue weighted by Crippen LogP contribution is 2.70. The molecule has 1 unspecified atom stereocenters. The van der Waals surface area contributed by atoms with Crippen LogP contribution in [0.4, 0.5) is 0 Å². The van der Waals surface area contributed by atoms with E-state index in [4.69, 9.17) is 4.74 Å². The molecule has 5 aliphatic rings. The fourth-order valence-electron chi connectivity index (χ4n) is 8.47. The molecule has 0 amide bonds. The van der Waals surface area contributed by atoms with Gasteiger partial charge in [0.15, 0.2) is 5.78 Å². The number of ether oxygens (including phenoxy) is 1. The van der Waals surface area contributed by atoms with Crippen LogP contribution in [0.3, 0.4) is 0 Å². The summed E-state index contributed by atoms with van der Waals surface area (Å²) in [5.74, 6) is 1.19. The second kappa shape index (κ2) is 6.06. The van der Waals surface area contributed by atoms with Gasteiger partial charge in [-0.25, -0.2) is 4.79 Å². The zero-order valence-electron chi connectivity index (χ0n) is 18.2. The SMILES string of the molecule is CC(=O)C1=C(C)[C@]2(CC[C@H]3C4CC=C5C[C@@H](O)CC[C@]5(C)[C@H]4CC[C@@]32C)OC1=O. The van der Waals surface area contributed by atoms with E-state index >= 15 is 0 Å². The van der Waals surface area contributed by atoms with Crippen molar-refractivity contribution >= 4 is 11.8 Å². The summed E-state index contributed by atoms with van der Waals surface area (Å²) in [7, 11) is 0. The average Bonchev–Trinajstić information content (AvgIpc) is 3.10. The van der Waals surface area contributed by atoms with E-state index in [1.807, 2.05) is 6.92 Å². The number of carbonyl (C=O) groups is 2. The first-order valence-corrected chi connectivity index (χ1v) is 11.5. The smallest absolute Gasteiger partial charge is 0.342 e. The van der Waals surface area contributed by atoms with Gasteiger partial charge in [-0.05, 0) is 94.0 Å². The first-order valence-electron chi connectivity index (χ1n) is 11.5. The van der Waals surface area contributed by atoms with Gasteiger partial charge in [0.05, 0.1) is 6.10 Å². The zero-order valence-corrected chi connectivity index (χ0v) is 18.2. The highest BCUT2D eigenvalue weighted by molar-refractivity contribution is 6.18. The Labute approximate surface area is 173 Å². The third kappa shape index (κ3) is 2.30. The number of hydrogen-bond donors (Lipinski definition) is 1. The Morgan fingerprint density at radius 2 is 1.86 bits per heavy atom. The van der Waals surface area contributed by atoms with E-state index in [1.54, 1.807) is 0 Å². The number of allylic oxidation sites excluding steroid dienone is 1. The lowest BCUT2D eigenvalue weighted by atomic mass is 9.46. The van der Waals surface area contributed by atoms with Crippen LogP contribution in [0.1, 0.15) is 79.1 Å². The van der Waals surface area contributed by atoms with Gasteiger partial charge in [-0.3, -0.25) is 4.79 Å². The first-order chi connectivity index (χ1) is 13.6. The second-order valence-corrected chi connectivity index (χ2v) is 10.9. The van der Waals surface area contributed by atoms with Gasteiger partial charge in [0.2, 0.25) is 0 Å². The predicted octanol–water partition coefficient (Wildman–Crippen LogP) is 4.51. The van der Waals surface area contributed by atoms with E-state index < -0.39 is 11.6 Å². The molecule has 4 aliphatic carbocycles. The predicted molar refractivity (Wildman–Crippen MR) is 110 cm³/mol. The maximum Gasteiger partial charge on any atom is 0.342 e. The minimum absolute atomic E-state index is 0.0962. The number of carbonyl (C=O) groups excluding carboxylic acids is 2. The molecule has 1 aliphatic heterocycles. The Balaban J connectivity index is 1.53. The van der Waals surface area contributed by atoms with Crippen molar-refractivity contribution in [3.8, 4) is 0 Å². The molecule has 158 valence electrons. The van der Waals surface area contributed by atoms with Gasteiger partial charge in [0.1, 0.15) is 11.2 Å². The highest BCUT2D eigenvalue weighted by Gasteiger charge is 2.68. The average molecular weight is 399 g/mol. The Hall–Kier alpha value is -1.42. The van der Waals surface area contributed by atoms with Gasteiger partial charge in [-0.1, -0.05) is 25.5 Å². The van der Waals surface area contributed by atoms with E-state index in [0.29, 0.717) is 23.3 Å². The molecule has 4 nitrogen and oxygen atoms in total. The molecule has 0 aromatic carbocycles. The summed E-state index contributed by atoms with van der Waals surface area (Å²) in [6, 6.07) is 0. The number of aliphatic hydroxyl groups is 1. The number of hydrogen-bond acceptors (Lipinski definition) is 4. The molecule has 1 N–H and O–H groups in total. The highest BCUT2D eigenvalue weighted by atomic mass is 16.6. The summed E-state index contributed by atoms with van der Waals surface area (Å²) >= 11 is 0. The number of aliphatic hydroxyl groups excluding tert-OH is 1. The van der Waals surface area contributed by atoms with Crippen molar-refractivity contribution in [1.29, 1.82) is 0 Å². The van der Waals surface area contributed by atoms with Gasteiger partial charge >= 0.3 is 5.97 Å². The van der Waals surface area contributed by atoms with Crippen LogP contribution in [0.2, 0.25) is 0 Å². The minimum Gasteiger partial charge on any atom is -0.450 e. The number of esters is 1. The molecule has 0 bridgehead atoms. The molecule has 4 heteroatoms. The summed E-state index contributed by atoms with van der Waals surface area (Å²) in [6.45, 7) is 8.21. The monoisotopic (exact) mass is 398 g/mol. The zero-order chi connectivity index (χ0) is 20.8. The molecule has 0 aromatic heterocycles. The van der Waals surface area contributed by atoms with Gasteiger partial charge in [0, 0.05) is 5.41 Å². The van der Waals surface area contributed by atoms with E-state index in [0.717, 1.165) is 56.9 Å². The van der Waals surface area contributed by atoms with Gasteiger partial charge in [-0.15, -0.1) is 0 Å². The molecular weight excluding hydrogens is 364 g/mol. The second-order valence-electron chi connectivity index (χ2n) is 10.9. The molecule has 1 spiro atoms. The van der Waals surface area contributed by atoms with E-state index in [-0.39, 0.29) is 22.7 Å². The molecule has 1 heterocycles. The molecule has 0 saturated heterocycles. The van der Waals surface area contributed by atoms with Crippen LogP contribution in [-0.4, -0.2) is 28.6 Å². The van der Waals surface area contributed by atoms with Gasteiger partial charge < -0.3 is 9.84 Å². The van der Waals surface area contributed by atoms with Gasteiger partial charge in [-0.2, -0.15) is 0 Å². The van der Waals surface area contributed by atoms with Crippen molar-refractivity contribution in [2.75, 3.05) is 0 Å². The number of fused-ring (bicyclic) bond motifs is 6. The Morgan fingerprint density at radius 1 is 1.14 bits per heavy atom. The third-order valence-corrected chi connectivity index (χ3v) is 10.0. The standard InChI is InChI=1S/C25H34O4/c1-14-21(15(2)26)22(28)29-25(14)12-9-20-18-6-5-16-13-17(27)7-10-23(16,3)19(18)8-11-24(20,25)4/h5,17-20,27H,6-13H2,1-4H3/t17-,18?,19-,20-,23-,24-,25-/m0/s1. The largest absolute Gasteiger partial charge is 0.450 e. The molecule has 5 rings (SSSR count). The molecule has 3 saturated carbocycles. The van der Waals surface area contributed by atoms with Crippen molar-refractivity contribution in [2.45, 2.75) is 90.8 Å². The summed E-state index contributed by atoms with van der Waals surface area (Å²) in [5, 5.41) is 10.2. The molecule has 0 radical (unpaired) electrons. The van der Waals surface area contributed by atoms with E-state index in [1.165, 1.54) is 12.5 Å². The van der Waals surface area contributed by atoms with Crippen LogP contribution in [0, 0.1) is 28.6 Å². The van der Waals surface area contributed by atoms with Crippen LogP contribution in [0.25, 0.3) is 0 Å². The molecular formula is C25H34O4. The topological polar surface area (TPSA) is 63.6 Å². The maximum absolute atomic E-state index is 12.6. The fraction of sp³-hybridized carbons (Fsp3) is 0.760. The molecule has 7 atom stereocenters. The Kier molecular flexibility index (Phi) is 4.08. The van der Waals surface area contributed by atoms with Crippen LogP contribution in [0.5, 0.6) is 0 Å². The summed E-state index contributed by atoms with van der Waals surface area (Å²) in [5.41, 5.74) is 2.19. The molecule has 0 aromatic rings. The number of ketones is 1. The lowest BCUT2D eigenvalue weighted by Gasteiger charge is -2.59. The normalized spacial score (nSPS) is 48.7. The first kappa shape index (κ1) is 19.5. The minimum atomic E-state index is -0.589. The summed E-state index contributed by atoms with van der Waals surface area (Å²) in [4.78, 5) is 24.8. The molecule has 3 fully saturated rings. The van der Waals surface area contributed by atoms with Crippen LogP contribution >= 0.6 is 0 Å². The Morgan fingerprint density at radius 3 is 2.55 bits per heavy atom.